The maximum absolute atomic E-state index is 10.9. The summed E-state index contributed by atoms with van der Waals surface area (Å²) in [6.07, 6.45) is 1.00. The van der Waals surface area contributed by atoms with E-state index in [1.165, 1.54) is 5.56 Å². The Morgan fingerprint density at radius 1 is 1.14 bits per heavy atom. The number of nitrogens with zero attached hydrogens (tertiary/aromatic N) is 1. The normalized spacial score (nSPS) is 18.2. The molecule has 0 aliphatic carbocycles. The second-order valence-corrected chi connectivity index (χ2v) is 5.64. The van der Waals surface area contributed by atoms with Gasteiger partial charge in [-0.1, -0.05) is 30.3 Å². The molecule has 0 radical (unpaired) electrons. The number of hydrogen-bond acceptors (Lipinski definition) is 3. The van der Waals surface area contributed by atoms with Gasteiger partial charge in [-0.05, 0) is 36.2 Å². The molecule has 0 aromatic heterocycles. The van der Waals surface area contributed by atoms with Crippen LogP contribution >= 0.6 is 0 Å². The Hall–Kier alpha value is -2.33. The van der Waals surface area contributed by atoms with Crippen LogP contribution in [0.2, 0.25) is 0 Å². The maximum Gasteiger partial charge on any atom is 0.335 e. The van der Waals surface area contributed by atoms with Crippen LogP contribution in [0.25, 0.3) is 0 Å². The largest absolute Gasteiger partial charge is 0.478 e. The van der Waals surface area contributed by atoms with Crippen LogP contribution in [0.4, 0.5) is 5.69 Å². The van der Waals surface area contributed by atoms with Gasteiger partial charge in [0.25, 0.3) is 0 Å². The van der Waals surface area contributed by atoms with Crippen LogP contribution in [0.5, 0.6) is 0 Å². The molecule has 1 fully saturated rings. The van der Waals surface area contributed by atoms with Gasteiger partial charge in [-0.2, -0.15) is 0 Å². The second-order valence-electron chi connectivity index (χ2n) is 5.64. The Bertz CT molecular complexity index is 625. The Balaban J connectivity index is 1.66. The van der Waals surface area contributed by atoms with E-state index in [0.29, 0.717) is 11.6 Å². The highest BCUT2D eigenvalue weighted by molar-refractivity contribution is 5.88. The standard InChI is InChI=1S/C18H20N2O2/c21-18(22)15-6-8-17(9-7-15)20-11-10-19-16(13-20)12-14-4-2-1-3-5-14/h1-9,16,19H,10-13H2,(H,21,22)/t16-/m0/s1. The second kappa shape index (κ2) is 6.62. The van der Waals surface area contributed by atoms with Crippen molar-refractivity contribution in [2.75, 3.05) is 24.5 Å². The summed E-state index contributed by atoms with van der Waals surface area (Å²) in [4.78, 5) is 13.2. The van der Waals surface area contributed by atoms with Gasteiger partial charge in [0.1, 0.15) is 0 Å². The first kappa shape index (κ1) is 14.6. The van der Waals surface area contributed by atoms with Gasteiger partial charge in [-0.3, -0.25) is 0 Å². The molecule has 0 amide bonds. The van der Waals surface area contributed by atoms with Crippen molar-refractivity contribution in [3.05, 3.63) is 65.7 Å². The molecule has 1 atom stereocenters. The van der Waals surface area contributed by atoms with Crippen LogP contribution in [-0.4, -0.2) is 36.8 Å². The van der Waals surface area contributed by atoms with Gasteiger partial charge in [0.2, 0.25) is 0 Å². The number of hydrogen-bond donors (Lipinski definition) is 2. The number of nitrogens with one attached hydrogen (secondary N) is 1. The number of carbonyl (C=O) groups is 1. The molecule has 2 N–H and O–H groups in total. The molecule has 1 aliphatic heterocycles. The SMILES string of the molecule is O=C(O)c1ccc(N2CCN[C@@H](Cc3ccccc3)C2)cc1. The monoisotopic (exact) mass is 296 g/mol. The van der Waals surface area contributed by atoms with Crippen molar-refractivity contribution >= 4 is 11.7 Å². The molecule has 0 saturated carbocycles. The summed E-state index contributed by atoms with van der Waals surface area (Å²) in [6, 6.07) is 18.0. The Labute approximate surface area is 130 Å². The maximum atomic E-state index is 10.9. The molecule has 2 aromatic carbocycles. The molecule has 22 heavy (non-hydrogen) atoms. The number of anilines is 1. The van der Waals surface area contributed by atoms with E-state index in [4.69, 9.17) is 5.11 Å². The first-order valence-corrected chi connectivity index (χ1v) is 7.58. The summed E-state index contributed by atoms with van der Waals surface area (Å²) >= 11 is 0. The average Bonchev–Trinajstić information content (AvgIpc) is 2.56. The summed E-state index contributed by atoms with van der Waals surface area (Å²) in [5, 5.41) is 12.5. The van der Waals surface area contributed by atoms with Crippen LogP contribution in [0.15, 0.2) is 54.6 Å². The van der Waals surface area contributed by atoms with Gasteiger partial charge in [0, 0.05) is 31.4 Å². The third-order valence-electron chi connectivity index (χ3n) is 4.06. The lowest BCUT2D eigenvalue weighted by molar-refractivity contribution is 0.0697. The number of piperazine rings is 1. The van der Waals surface area contributed by atoms with E-state index in [-0.39, 0.29) is 0 Å². The fourth-order valence-electron chi connectivity index (χ4n) is 2.91. The van der Waals surface area contributed by atoms with Gasteiger partial charge in [-0.15, -0.1) is 0 Å². The lowest BCUT2D eigenvalue weighted by Crippen LogP contribution is -2.51. The highest BCUT2D eigenvalue weighted by Gasteiger charge is 2.20. The molecule has 114 valence electrons. The van der Waals surface area contributed by atoms with Crippen molar-refractivity contribution in [3.8, 4) is 0 Å². The molecular weight excluding hydrogens is 276 g/mol. The zero-order chi connectivity index (χ0) is 15.4. The third-order valence-corrected chi connectivity index (χ3v) is 4.06. The predicted octanol–water partition coefficient (Wildman–Crippen LogP) is 2.41. The molecule has 0 bridgehead atoms. The van der Waals surface area contributed by atoms with E-state index >= 15 is 0 Å². The van der Waals surface area contributed by atoms with Gasteiger partial charge in [-0.25, -0.2) is 4.79 Å². The molecule has 0 spiro atoms. The lowest BCUT2D eigenvalue weighted by atomic mass is 10.0. The van der Waals surface area contributed by atoms with Crippen LogP contribution in [0.3, 0.4) is 0 Å². The molecule has 1 aliphatic rings. The van der Waals surface area contributed by atoms with E-state index in [2.05, 4.69) is 34.5 Å². The number of aromatic carboxylic acids is 1. The van der Waals surface area contributed by atoms with Crippen LogP contribution in [-0.2, 0) is 6.42 Å². The summed E-state index contributed by atoms with van der Waals surface area (Å²) < 4.78 is 0. The van der Waals surface area contributed by atoms with Crippen molar-refractivity contribution in [1.82, 2.24) is 5.32 Å². The molecule has 1 saturated heterocycles. The third kappa shape index (κ3) is 3.46. The minimum Gasteiger partial charge on any atom is -0.478 e. The van der Waals surface area contributed by atoms with Gasteiger partial charge in [0.05, 0.1) is 5.56 Å². The number of benzene rings is 2. The van der Waals surface area contributed by atoms with E-state index < -0.39 is 5.97 Å². The highest BCUT2D eigenvalue weighted by atomic mass is 16.4. The van der Waals surface area contributed by atoms with E-state index in [9.17, 15) is 4.79 Å². The van der Waals surface area contributed by atoms with Crippen molar-refractivity contribution in [2.45, 2.75) is 12.5 Å². The van der Waals surface area contributed by atoms with Crippen molar-refractivity contribution in [3.63, 3.8) is 0 Å². The molecule has 4 heteroatoms. The van der Waals surface area contributed by atoms with Crippen molar-refractivity contribution < 1.29 is 9.90 Å². The van der Waals surface area contributed by atoms with Crippen molar-refractivity contribution in [1.29, 1.82) is 0 Å². The zero-order valence-electron chi connectivity index (χ0n) is 12.4. The topological polar surface area (TPSA) is 52.6 Å². The van der Waals surface area contributed by atoms with Crippen LogP contribution in [0.1, 0.15) is 15.9 Å². The quantitative estimate of drug-likeness (QED) is 0.910. The summed E-state index contributed by atoms with van der Waals surface area (Å²) in [7, 11) is 0. The minimum atomic E-state index is -0.881. The van der Waals surface area contributed by atoms with E-state index in [1.54, 1.807) is 12.1 Å². The summed E-state index contributed by atoms with van der Waals surface area (Å²) in [5.41, 5.74) is 2.76. The highest BCUT2D eigenvalue weighted by Crippen LogP contribution is 2.18. The minimum absolute atomic E-state index is 0.333. The molecular formula is C18H20N2O2. The van der Waals surface area contributed by atoms with Crippen molar-refractivity contribution in [2.24, 2.45) is 0 Å². The fourth-order valence-corrected chi connectivity index (χ4v) is 2.91. The first-order chi connectivity index (χ1) is 10.7. The predicted molar refractivity (Wildman–Crippen MR) is 87.6 cm³/mol. The van der Waals surface area contributed by atoms with Gasteiger partial charge in [0.15, 0.2) is 0 Å². The number of rotatable bonds is 4. The molecule has 2 aromatic rings. The first-order valence-electron chi connectivity index (χ1n) is 7.58. The van der Waals surface area contributed by atoms with Crippen LogP contribution < -0.4 is 10.2 Å². The van der Waals surface area contributed by atoms with Gasteiger partial charge < -0.3 is 15.3 Å². The Kier molecular flexibility index (Phi) is 4.39. The molecule has 4 nitrogen and oxygen atoms in total. The van der Waals surface area contributed by atoms with E-state index in [1.807, 2.05) is 18.2 Å². The summed E-state index contributed by atoms with van der Waals surface area (Å²) in [6.45, 7) is 2.82. The fraction of sp³-hybridized carbons (Fsp3) is 0.278. The molecule has 1 heterocycles. The van der Waals surface area contributed by atoms with Gasteiger partial charge >= 0.3 is 5.97 Å². The Morgan fingerprint density at radius 3 is 2.55 bits per heavy atom. The average molecular weight is 296 g/mol. The van der Waals surface area contributed by atoms with Crippen LogP contribution in [0, 0.1) is 0 Å². The number of carboxylic acids is 1. The number of carboxylic acid groups (broad SMARTS) is 1. The smallest absolute Gasteiger partial charge is 0.335 e. The zero-order valence-corrected chi connectivity index (χ0v) is 12.4. The summed E-state index contributed by atoms with van der Waals surface area (Å²) in [5.74, 6) is -0.881. The van der Waals surface area contributed by atoms with E-state index in [0.717, 1.165) is 31.7 Å². The Morgan fingerprint density at radius 2 is 1.86 bits per heavy atom. The lowest BCUT2D eigenvalue weighted by Gasteiger charge is -2.35. The molecule has 0 unspecified atom stereocenters. The molecule has 3 rings (SSSR count).